The fourth-order valence-electron chi connectivity index (χ4n) is 2.40. The number of alkyl halides is 1. The molecule has 0 aromatic heterocycles. The molecule has 5 heteroatoms. The Morgan fingerprint density at radius 2 is 2.11 bits per heavy atom. The van der Waals surface area contributed by atoms with E-state index in [0.717, 1.165) is 12.8 Å². The number of rotatable bonds is 2. The molecular weight excluding hydrogens is 333 g/mol. The molecule has 0 saturated carbocycles. The van der Waals surface area contributed by atoms with Gasteiger partial charge in [-0.25, -0.2) is 4.39 Å². The molecule has 0 aliphatic carbocycles. The van der Waals surface area contributed by atoms with Gasteiger partial charge in [0.2, 0.25) is 0 Å². The number of benzene rings is 1. The molecule has 1 fully saturated rings. The second-order valence-electron chi connectivity index (χ2n) is 4.93. The van der Waals surface area contributed by atoms with Crippen LogP contribution in [0.4, 0.5) is 4.39 Å². The molecular formula is C14H16BrClFNO. The smallest absolute Gasteiger partial charge is 0.256 e. The predicted molar refractivity (Wildman–Crippen MR) is 78.4 cm³/mol. The summed E-state index contributed by atoms with van der Waals surface area (Å²) in [5.41, 5.74) is 0.106. The molecule has 0 bridgehead atoms. The van der Waals surface area contributed by atoms with Crippen LogP contribution < -0.4 is 0 Å². The van der Waals surface area contributed by atoms with E-state index in [1.165, 1.54) is 12.1 Å². The van der Waals surface area contributed by atoms with Crippen molar-refractivity contribution in [2.75, 3.05) is 13.1 Å². The molecule has 2 rings (SSSR count). The Balaban J connectivity index is 2.05. The molecule has 104 valence electrons. The number of hydrogen-bond acceptors (Lipinski definition) is 1. The second-order valence-corrected chi connectivity index (χ2v) is 6.81. The third-order valence-corrected chi connectivity index (χ3v) is 4.62. The van der Waals surface area contributed by atoms with E-state index in [4.69, 9.17) is 11.6 Å². The molecule has 1 saturated heterocycles. The van der Waals surface area contributed by atoms with Gasteiger partial charge in [-0.1, -0.05) is 34.5 Å². The number of carbonyl (C=O) groups is 1. The first-order valence-electron chi connectivity index (χ1n) is 6.37. The van der Waals surface area contributed by atoms with Gasteiger partial charge in [-0.15, -0.1) is 0 Å². The first-order chi connectivity index (χ1) is 8.99. The molecule has 1 aromatic carbocycles. The fourth-order valence-corrected chi connectivity index (χ4v) is 3.08. The Labute approximate surface area is 126 Å². The lowest BCUT2D eigenvalue weighted by Crippen LogP contribution is -2.40. The zero-order valence-corrected chi connectivity index (χ0v) is 13.0. The van der Waals surface area contributed by atoms with Crippen molar-refractivity contribution in [3.8, 4) is 0 Å². The van der Waals surface area contributed by atoms with E-state index >= 15 is 0 Å². The van der Waals surface area contributed by atoms with E-state index in [-0.39, 0.29) is 11.5 Å². The lowest BCUT2D eigenvalue weighted by molar-refractivity contribution is 0.0687. The quantitative estimate of drug-likeness (QED) is 0.736. The Hall–Kier alpha value is -0.610. The molecule has 0 spiro atoms. The molecule has 1 atom stereocenters. The van der Waals surface area contributed by atoms with Gasteiger partial charge in [0.25, 0.3) is 5.91 Å². The van der Waals surface area contributed by atoms with Crippen molar-refractivity contribution in [3.05, 3.63) is 34.6 Å². The second kappa shape index (κ2) is 6.23. The summed E-state index contributed by atoms with van der Waals surface area (Å²) in [6, 6.07) is 4.19. The number of carbonyl (C=O) groups excluding carboxylic acids is 1. The molecule has 1 aromatic rings. The van der Waals surface area contributed by atoms with Crippen LogP contribution >= 0.6 is 27.5 Å². The normalized spacial score (nSPS) is 18.4. The van der Waals surface area contributed by atoms with Crippen molar-refractivity contribution >= 4 is 33.4 Å². The summed E-state index contributed by atoms with van der Waals surface area (Å²) in [5.74, 6) is -0.206. The average molecular weight is 349 g/mol. The summed E-state index contributed by atoms with van der Waals surface area (Å²) in [4.78, 5) is 14.4. The monoisotopic (exact) mass is 347 g/mol. The Kier molecular flexibility index (Phi) is 4.85. The van der Waals surface area contributed by atoms with E-state index in [1.54, 1.807) is 11.0 Å². The topological polar surface area (TPSA) is 20.3 Å². The van der Waals surface area contributed by atoms with Crippen molar-refractivity contribution in [1.82, 2.24) is 4.90 Å². The van der Waals surface area contributed by atoms with Gasteiger partial charge in [0.05, 0.1) is 5.56 Å². The number of piperidine rings is 1. The highest BCUT2D eigenvalue weighted by Crippen LogP contribution is 2.26. The maximum Gasteiger partial charge on any atom is 0.256 e. The largest absolute Gasteiger partial charge is 0.339 e. The van der Waals surface area contributed by atoms with Gasteiger partial charge in [-0.2, -0.15) is 0 Å². The van der Waals surface area contributed by atoms with Crippen LogP contribution in [-0.4, -0.2) is 28.7 Å². The molecule has 0 radical (unpaired) electrons. The summed E-state index contributed by atoms with van der Waals surface area (Å²) in [6.07, 6.45) is 1.90. The number of amides is 1. The summed E-state index contributed by atoms with van der Waals surface area (Å²) in [6.45, 7) is 3.49. The molecule has 2 nitrogen and oxygen atoms in total. The van der Waals surface area contributed by atoms with E-state index in [9.17, 15) is 9.18 Å². The molecule has 19 heavy (non-hydrogen) atoms. The third-order valence-electron chi connectivity index (χ3n) is 3.64. The van der Waals surface area contributed by atoms with Crippen LogP contribution in [0.1, 0.15) is 30.1 Å². The van der Waals surface area contributed by atoms with Gasteiger partial charge in [-0.3, -0.25) is 4.79 Å². The average Bonchev–Trinajstić information content (AvgIpc) is 2.38. The molecule has 1 aliphatic rings. The first kappa shape index (κ1) is 14.8. The van der Waals surface area contributed by atoms with Crippen LogP contribution in [-0.2, 0) is 0 Å². The number of nitrogens with zero attached hydrogens (tertiary/aromatic N) is 1. The van der Waals surface area contributed by atoms with Crippen molar-refractivity contribution < 1.29 is 9.18 Å². The van der Waals surface area contributed by atoms with Crippen molar-refractivity contribution in [2.24, 2.45) is 5.92 Å². The van der Waals surface area contributed by atoms with E-state index < -0.39 is 5.82 Å². The molecule has 1 amide bonds. The van der Waals surface area contributed by atoms with Gasteiger partial charge < -0.3 is 4.90 Å². The van der Waals surface area contributed by atoms with E-state index in [2.05, 4.69) is 22.9 Å². The molecule has 1 heterocycles. The zero-order valence-electron chi connectivity index (χ0n) is 10.7. The SMILES string of the molecule is CC(Br)C1CCN(C(=O)c2ccc(Cl)cc2F)CC1. The standard InChI is InChI=1S/C14H16BrClFNO/c1-9(15)10-4-6-18(7-5-10)14(19)12-3-2-11(16)8-13(12)17/h2-3,8-10H,4-7H2,1H3. The highest BCUT2D eigenvalue weighted by Gasteiger charge is 2.27. The van der Waals surface area contributed by atoms with Crippen molar-refractivity contribution in [2.45, 2.75) is 24.6 Å². The van der Waals surface area contributed by atoms with Crippen LogP contribution in [0.2, 0.25) is 5.02 Å². The summed E-state index contributed by atoms with van der Waals surface area (Å²) < 4.78 is 13.7. The highest BCUT2D eigenvalue weighted by molar-refractivity contribution is 9.09. The van der Waals surface area contributed by atoms with Crippen molar-refractivity contribution in [3.63, 3.8) is 0 Å². The van der Waals surface area contributed by atoms with Crippen LogP contribution in [0, 0.1) is 11.7 Å². The zero-order chi connectivity index (χ0) is 14.0. The number of likely N-dealkylation sites (tertiary alicyclic amines) is 1. The fraction of sp³-hybridized carbons (Fsp3) is 0.500. The minimum Gasteiger partial charge on any atom is -0.339 e. The third kappa shape index (κ3) is 3.48. The van der Waals surface area contributed by atoms with Crippen LogP contribution in [0.3, 0.4) is 0 Å². The predicted octanol–water partition coefficient (Wildman–Crippen LogP) is 4.11. The number of hydrogen-bond donors (Lipinski definition) is 0. The van der Waals surface area contributed by atoms with E-state index in [1.807, 2.05) is 0 Å². The molecule has 0 N–H and O–H groups in total. The lowest BCUT2D eigenvalue weighted by Gasteiger charge is -2.33. The van der Waals surface area contributed by atoms with E-state index in [0.29, 0.717) is 28.9 Å². The Morgan fingerprint density at radius 1 is 1.47 bits per heavy atom. The maximum atomic E-state index is 13.7. The highest BCUT2D eigenvalue weighted by atomic mass is 79.9. The lowest BCUT2D eigenvalue weighted by atomic mass is 9.94. The van der Waals surface area contributed by atoms with Gasteiger partial charge >= 0.3 is 0 Å². The van der Waals surface area contributed by atoms with Gasteiger partial charge in [0, 0.05) is 22.9 Å². The van der Waals surface area contributed by atoms with Crippen LogP contribution in [0.15, 0.2) is 18.2 Å². The van der Waals surface area contributed by atoms with Crippen LogP contribution in [0.5, 0.6) is 0 Å². The summed E-state index contributed by atoms with van der Waals surface area (Å²) in [7, 11) is 0. The summed E-state index contributed by atoms with van der Waals surface area (Å²) in [5, 5.41) is 0.306. The maximum absolute atomic E-state index is 13.7. The minimum atomic E-state index is -0.548. The first-order valence-corrected chi connectivity index (χ1v) is 7.67. The Morgan fingerprint density at radius 3 is 2.63 bits per heavy atom. The Bertz CT molecular complexity index is 473. The molecule has 1 unspecified atom stereocenters. The van der Waals surface area contributed by atoms with Gasteiger partial charge in [-0.05, 0) is 37.0 Å². The number of halogens is 3. The molecule has 1 aliphatic heterocycles. The van der Waals surface area contributed by atoms with Gasteiger partial charge in [0.1, 0.15) is 5.82 Å². The minimum absolute atomic E-state index is 0.106. The van der Waals surface area contributed by atoms with Crippen LogP contribution in [0.25, 0.3) is 0 Å². The van der Waals surface area contributed by atoms with Crippen molar-refractivity contribution in [1.29, 1.82) is 0 Å². The van der Waals surface area contributed by atoms with Gasteiger partial charge in [0.15, 0.2) is 0 Å². The summed E-state index contributed by atoms with van der Waals surface area (Å²) >= 11 is 9.27.